The number of amides is 1. The Morgan fingerprint density at radius 3 is 3.00 bits per heavy atom. The molecule has 1 saturated heterocycles. The number of carbonyl (C=O) groups excluding carboxylic acids is 1. The molecule has 1 aromatic heterocycles. The van der Waals surface area contributed by atoms with Gasteiger partial charge in [0.05, 0.1) is 6.04 Å². The second kappa shape index (κ2) is 4.97. The fourth-order valence-electron chi connectivity index (χ4n) is 2.68. The summed E-state index contributed by atoms with van der Waals surface area (Å²) in [5, 5.41) is 2.18. The van der Waals surface area contributed by atoms with Crippen LogP contribution in [0, 0.1) is 0 Å². The molecule has 97 valence electrons. The number of benzene rings is 1. The maximum absolute atomic E-state index is 11.3. The van der Waals surface area contributed by atoms with Crippen LogP contribution in [0.2, 0.25) is 0 Å². The molecule has 1 aliphatic heterocycles. The van der Waals surface area contributed by atoms with Crippen LogP contribution in [-0.4, -0.2) is 42.5 Å². The molecule has 3 rings (SSSR count). The van der Waals surface area contributed by atoms with Crippen LogP contribution < -0.4 is 4.90 Å². The first-order valence-corrected chi connectivity index (χ1v) is 6.47. The Hall–Kier alpha value is -1.94. The largest absolute Gasteiger partial charge is 0.317 e. The number of nitrogens with zero attached hydrogens (tertiary/aromatic N) is 3. The second-order valence-electron chi connectivity index (χ2n) is 5.07. The molecule has 1 radical (unpaired) electrons. The Labute approximate surface area is 112 Å². The van der Waals surface area contributed by atoms with E-state index in [1.54, 1.807) is 11.1 Å². The number of hydrogen-bond donors (Lipinski definition) is 0. The summed E-state index contributed by atoms with van der Waals surface area (Å²) in [5.74, 6) is 0. The highest BCUT2D eigenvalue weighted by Gasteiger charge is 2.26. The molecule has 1 aliphatic rings. The summed E-state index contributed by atoms with van der Waals surface area (Å²) in [5.41, 5.74) is 0.911. The Morgan fingerprint density at radius 2 is 2.26 bits per heavy atom. The van der Waals surface area contributed by atoms with Crippen LogP contribution in [0.5, 0.6) is 0 Å². The lowest BCUT2D eigenvalue weighted by Gasteiger charge is -2.24. The van der Waals surface area contributed by atoms with Crippen LogP contribution in [0.25, 0.3) is 10.8 Å². The van der Waals surface area contributed by atoms with E-state index in [1.807, 2.05) is 30.5 Å². The Bertz CT molecular complexity index is 599. The van der Waals surface area contributed by atoms with E-state index >= 15 is 0 Å². The van der Waals surface area contributed by atoms with Crippen molar-refractivity contribution < 1.29 is 4.79 Å². The third-order valence-electron chi connectivity index (χ3n) is 3.73. The van der Waals surface area contributed by atoms with E-state index in [9.17, 15) is 4.79 Å². The first-order valence-electron chi connectivity index (χ1n) is 6.47. The molecule has 0 bridgehead atoms. The van der Waals surface area contributed by atoms with E-state index in [4.69, 9.17) is 0 Å². The maximum atomic E-state index is 11.3. The fourth-order valence-corrected chi connectivity index (χ4v) is 2.68. The molecular formula is C15H16N3O. The minimum absolute atomic E-state index is 0.224. The average Bonchev–Trinajstić information content (AvgIpc) is 2.86. The zero-order valence-corrected chi connectivity index (χ0v) is 10.9. The van der Waals surface area contributed by atoms with Crippen molar-refractivity contribution >= 4 is 22.9 Å². The molecule has 19 heavy (non-hydrogen) atoms. The lowest BCUT2D eigenvalue weighted by molar-refractivity contribution is 0.410. The second-order valence-corrected chi connectivity index (χ2v) is 5.07. The van der Waals surface area contributed by atoms with Gasteiger partial charge >= 0.3 is 6.41 Å². The van der Waals surface area contributed by atoms with Gasteiger partial charge in [-0.3, -0.25) is 14.7 Å². The molecule has 0 aliphatic carbocycles. The summed E-state index contributed by atoms with van der Waals surface area (Å²) in [6, 6.07) is 8.18. The zero-order chi connectivity index (χ0) is 13.2. The highest BCUT2D eigenvalue weighted by molar-refractivity contribution is 5.88. The summed E-state index contributed by atoms with van der Waals surface area (Å²) in [4.78, 5) is 19.4. The van der Waals surface area contributed by atoms with E-state index in [1.165, 1.54) is 0 Å². The van der Waals surface area contributed by atoms with Crippen LogP contribution in [0.1, 0.15) is 6.42 Å². The van der Waals surface area contributed by atoms with Crippen LogP contribution in [0.4, 0.5) is 5.69 Å². The normalized spacial score (nSPS) is 19.7. The van der Waals surface area contributed by atoms with Gasteiger partial charge < -0.3 is 4.90 Å². The van der Waals surface area contributed by atoms with Gasteiger partial charge in [-0.2, -0.15) is 0 Å². The SMILES string of the molecule is CN1CCC(N([C]=O)c2ccc3cnccc3c2)C1. The molecule has 2 aromatic rings. The smallest absolute Gasteiger partial charge is 0.304 e. The van der Waals surface area contributed by atoms with Crippen molar-refractivity contribution in [3.8, 4) is 0 Å². The number of rotatable bonds is 3. The first kappa shape index (κ1) is 12.1. The minimum Gasteiger partial charge on any atom is -0.304 e. The predicted molar refractivity (Wildman–Crippen MR) is 75.8 cm³/mol. The topological polar surface area (TPSA) is 36.4 Å². The summed E-state index contributed by atoms with van der Waals surface area (Å²) >= 11 is 0. The van der Waals surface area contributed by atoms with Gasteiger partial charge in [-0.05, 0) is 43.6 Å². The molecule has 1 aromatic carbocycles. The Kier molecular flexibility index (Phi) is 3.17. The molecular weight excluding hydrogens is 238 g/mol. The summed E-state index contributed by atoms with van der Waals surface area (Å²) < 4.78 is 0. The monoisotopic (exact) mass is 254 g/mol. The summed E-state index contributed by atoms with van der Waals surface area (Å²) in [6.07, 6.45) is 6.69. The molecule has 4 heteroatoms. The van der Waals surface area contributed by atoms with E-state index in [2.05, 4.69) is 23.3 Å². The zero-order valence-electron chi connectivity index (χ0n) is 10.9. The number of likely N-dealkylation sites (N-methyl/N-ethyl adjacent to an activating group) is 1. The number of pyridine rings is 1. The number of hydrogen-bond acceptors (Lipinski definition) is 3. The van der Waals surface area contributed by atoms with E-state index in [0.29, 0.717) is 0 Å². The maximum Gasteiger partial charge on any atom is 0.317 e. The fraction of sp³-hybridized carbons (Fsp3) is 0.333. The van der Waals surface area contributed by atoms with Gasteiger partial charge in [-0.1, -0.05) is 6.07 Å². The molecule has 0 spiro atoms. The molecule has 1 amide bonds. The third kappa shape index (κ3) is 2.31. The predicted octanol–water partition coefficient (Wildman–Crippen LogP) is 1.81. The average molecular weight is 254 g/mol. The molecule has 1 fully saturated rings. The van der Waals surface area contributed by atoms with Gasteiger partial charge in [-0.25, -0.2) is 0 Å². The molecule has 2 heterocycles. The molecule has 1 atom stereocenters. The van der Waals surface area contributed by atoms with Gasteiger partial charge in [0.15, 0.2) is 0 Å². The molecule has 0 N–H and O–H groups in total. The molecule has 1 unspecified atom stereocenters. The Balaban J connectivity index is 1.94. The van der Waals surface area contributed by atoms with Gasteiger partial charge in [0, 0.05) is 30.0 Å². The summed E-state index contributed by atoms with van der Waals surface area (Å²) in [6.45, 7) is 1.93. The quantitative estimate of drug-likeness (QED) is 0.784. The standard InChI is InChI=1S/C15H16N3O/c1-17-7-5-15(10-17)18(11-19)14-3-2-13-9-16-6-4-12(13)8-14/h2-4,6,8-9,15H,5,7,10H2,1H3. The van der Waals surface area contributed by atoms with Crippen LogP contribution in [0.15, 0.2) is 36.7 Å². The van der Waals surface area contributed by atoms with E-state index in [0.717, 1.165) is 36.0 Å². The van der Waals surface area contributed by atoms with Crippen molar-refractivity contribution in [1.82, 2.24) is 9.88 Å². The van der Waals surface area contributed by atoms with E-state index < -0.39 is 0 Å². The lowest BCUT2D eigenvalue weighted by atomic mass is 10.1. The van der Waals surface area contributed by atoms with Crippen LogP contribution in [-0.2, 0) is 4.79 Å². The van der Waals surface area contributed by atoms with Gasteiger partial charge in [0.25, 0.3) is 0 Å². The number of anilines is 1. The van der Waals surface area contributed by atoms with Gasteiger partial charge in [-0.15, -0.1) is 0 Å². The van der Waals surface area contributed by atoms with Crippen molar-refractivity contribution in [2.45, 2.75) is 12.5 Å². The van der Waals surface area contributed by atoms with Crippen molar-refractivity contribution in [2.75, 3.05) is 25.0 Å². The summed E-state index contributed by atoms with van der Waals surface area (Å²) in [7, 11) is 2.08. The van der Waals surface area contributed by atoms with Crippen molar-refractivity contribution in [2.24, 2.45) is 0 Å². The molecule has 0 saturated carbocycles. The van der Waals surface area contributed by atoms with Gasteiger partial charge in [0.1, 0.15) is 0 Å². The minimum atomic E-state index is 0.224. The number of aromatic nitrogens is 1. The number of likely N-dealkylation sites (tertiary alicyclic amines) is 1. The third-order valence-corrected chi connectivity index (χ3v) is 3.73. The van der Waals surface area contributed by atoms with Crippen molar-refractivity contribution in [1.29, 1.82) is 0 Å². The van der Waals surface area contributed by atoms with Gasteiger partial charge in [0.2, 0.25) is 0 Å². The van der Waals surface area contributed by atoms with E-state index in [-0.39, 0.29) is 6.04 Å². The first-order chi connectivity index (χ1) is 9.28. The highest BCUT2D eigenvalue weighted by Crippen LogP contribution is 2.25. The van der Waals surface area contributed by atoms with Crippen LogP contribution >= 0.6 is 0 Å². The molecule has 4 nitrogen and oxygen atoms in total. The lowest BCUT2D eigenvalue weighted by Crippen LogP contribution is -2.35. The number of fused-ring (bicyclic) bond motifs is 1. The Morgan fingerprint density at radius 1 is 1.37 bits per heavy atom. The van der Waals surface area contributed by atoms with Crippen LogP contribution in [0.3, 0.4) is 0 Å². The highest BCUT2D eigenvalue weighted by atomic mass is 16.1. The van der Waals surface area contributed by atoms with Crippen molar-refractivity contribution in [3.05, 3.63) is 36.7 Å². The van der Waals surface area contributed by atoms with Crippen molar-refractivity contribution in [3.63, 3.8) is 0 Å².